The van der Waals surface area contributed by atoms with Crippen molar-refractivity contribution in [2.45, 2.75) is 30.7 Å². The van der Waals surface area contributed by atoms with Crippen LogP contribution in [0.2, 0.25) is 0 Å². The molecule has 0 radical (unpaired) electrons. The van der Waals surface area contributed by atoms with Gasteiger partial charge in [0, 0.05) is 36.7 Å². The van der Waals surface area contributed by atoms with Gasteiger partial charge in [0.2, 0.25) is 10.0 Å². The van der Waals surface area contributed by atoms with E-state index in [0.29, 0.717) is 0 Å². The summed E-state index contributed by atoms with van der Waals surface area (Å²) in [4.78, 5) is 9.46. The Balaban J connectivity index is 1.68. The smallest absolute Gasteiger partial charge is 0.240 e. The van der Waals surface area contributed by atoms with Crippen LogP contribution in [0.4, 0.5) is 5.82 Å². The first-order chi connectivity index (χ1) is 16.5. The summed E-state index contributed by atoms with van der Waals surface area (Å²) < 4.78 is 34.3. The summed E-state index contributed by atoms with van der Waals surface area (Å²) in [6.45, 7) is 3.51. The molecule has 0 bridgehead atoms. The van der Waals surface area contributed by atoms with Crippen LogP contribution in [-0.2, 0) is 14.8 Å². The van der Waals surface area contributed by atoms with Crippen molar-refractivity contribution in [2.24, 2.45) is 0 Å². The highest BCUT2D eigenvalue weighted by molar-refractivity contribution is 7.89. The van der Waals surface area contributed by atoms with Gasteiger partial charge in [-0.1, -0.05) is 24.3 Å². The molecule has 0 spiro atoms. The molecule has 5 rings (SSSR count). The third kappa shape index (κ3) is 4.29. The number of nitrogens with one attached hydrogen (secondary N) is 2. The lowest BCUT2D eigenvalue weighted by molar-refractivity contribution is 0.0904. The van der Waals surface area contributed by atoms with Crippen LogP contribution in [0.5, 0.6) is 0 Å². The molecule has 3 heterocycles. The van der Waals surface area contributed by atoms with Crippen LogP contribution in [0.15, 0.2) is 66.0 Å². The number of anilines is 1. The summed E-state index contributed by atoms with van der Waals surface area (Å²) in [5.41, 5.74) is 4.76. The number of sulfonamides is 1. The maximum absolute atomic E-state index is 12.2. The highest BCUT2D eigenvalue weighted by atomic mass is 32.2. The van der Waals surface area contributed by atoms with E-state index in [0.717, 1.165) is 65.3 Å². The maximum Gasteiger partial charge on any atom is 0.240 e. The molecule has 2 aromatic heterocycles. The van der Waals surface area contributed by atoms with Gasteiger partial charge in [-0.05, 0) is 62.2 Å². The van der Waals surface area contributed by atoms with E-state index in [1.165, 1.54) is 7.05 Å². The van der Waals surface area contributed by atoms with Crippen LogP contribution in [0.3, 0.4) is 0 Å². The van der Waals surface area contributed by atoms with E-state index in [1.54, 1.807) is 18.5 Å². The number of benzene rings is 2. The molecule has 1 aliphatic rings. The molecule has 1 saturated heterocycles. The molecule has 2 N–H and O–H groups in total. The van der Waals surface area contributed by atoms with Crippen LogP contribution in [0, 0.1) is 6.92 Å². The largest absolute Gasteiger partial charge is 0.381 e. The minimum atomic E-state index is -3.51. The fourth-order valence-corrected chi connectivity index (χ4v) is 5.06. The van der Waals surface area contributed by atoms with Crippen LogP contribution in [0.1, 0.15) is 18.4 Å². The van der Waals surface area contributed by atoms with Crippen LogP contribution < -0.4 is 10.0 Å². The van der Waals surface area contributed by atoms with E-state index in [-0.39, 0.29) is 10.9 Å². The average molecular weight is 478 g/mol. The maximum atomic E-state index is 12.2. The summed E-state index contributed by atoms with van der Waals surface area (Å²) in [5, 5.41) is 4.51. The predicted molar refractivity (Wildman–Crippen MR) is 133 cm³/mol. The van der Waals surface area contributed by atoms with Crippen molar-refractivity contribution in [3.8, 4) is 16.8 Å². The summed E-state index contributed by atoms with van der Waals surface area (Å²) >= 11 is 0. The van der Waals surface area contributed by atoms with E-state index >= 15 is 0 Å². The zero-order valence-corrected chi connectivity index (χ0v) is 20.0. The lowest BCUT2D eigenvalue weighted by Crippen LogP contribution is -2.28. The van der Waals surface area contributed by atoms with Gasteiger partial charge in [0.05, 0.1) is 10.3 Å². The SMILES string of the molecule is CNS(=O)(=O)c1ccc(-c2cn(-c3cccc(C)c3)c3ncnc(NC4CCOCC4)c23)cc1. The van der Waals surface area contributed by atoms with E-state index in [4.69, 9.17) is 4.74 Å². The molecule has 0 atom stereocenters. The Hall–Kier alpha value is -3.27. The number of aromatic nitrogens is 3. The minimum Gasteiger partial charge on any atom is -0.381 e. The number of fused-ring (bicyclic) bond motifs is 1. The summed E-state index contributed by atoms with van der Waals surface area (Å²) in [7, 11) is -2.11. The number of rotatable bonds is 6. The highest BCUT2D eigenvalue weighted by Crippen LogP contribution is 2.36. The second-order valence-electron chi connectivity index (χ2n) is 8.44. The van der Waals surface area contributed by atoms with Crippen LogP contribution >= 0.6 is 0 Å². The molecule has 0 saturated carbocycles. The molecule has 176 valence electrons. The van der Waals surface area contributed by atoms with Gasteiger partial charge in [0.15, 0.2) is 5.65 Å². The van der Waals surface area contributed by atoms with Gasteiger partial charge in [-0.25, -0.2) is 23.1 Å². The summed E-state index contributed by atoms with van der Waals surface area (Å²) in [6.07, 6.45) is 5.46. The molecule has 8 nitrogen and oxygen atoms in total. The lowest BCUT2D eigenvalue weighted by Gasteiger charge is -2.24. The molecular formula is C25H27N5O3S. The first-order valence-electron chi connectivity index (χ1n) is 11.3. The molecule has 1 fully saturated rings. The number of nitrogens with zero attached hydrogens (tertiary/aromatic N) is 3. The van der Waals surface area contributed by atoms with Gasteiger partial charge in [0.1, 0.15) is 12.1 Å². The van der Waals surface area contributed by atoms with E-state index in [1.807, 2.05) is 30.5 Å². The van der Waals surface area contributed by atoms with Crippen molar-refractivity contribution < 1.29 is 13.2 Å². The molecule has 34 heavy (non-hydrogen) atoms. The van der Waals surface area contributed by atoms with Gasteiger partial charge in [-0.2, -0.15) is 0 Å². The average Bonchev–Trinajstić information content (AvgIpc) is 3.26. The lowest BCUT2D eigenvalue weighted by atomic mass is 10.1. The Labute approximate surface area is 199 Å². The van der Waals surface area contributed by atoms with Crippen molar-refractivity contribution in [3.63, 3.8) is 0 Å². The fourth-order valence-electron chi connectivity index (χ4n) is 4.33. The fraction of sp³-hybridized carbons (Fsp3) is 0.280. The van der Waals surface area contributed by atoms with E-state index < -0.39 is 10.0 Å². The third-order valence-electron chi connectivity index (χ3n) is 6.17. The molecule has 9 heteroatoms. The Kier molecular flexibility index (Phi) is 6.07. The summed E-state index contributed by atoms with van der Waals surface area (Å²) in [5.74, 6) is 0.769. The number of aryl methyl sites for hydroxylation is 1. The van der Waals surface area contributed by atoms with Crippen LogP contribution in [0.25, 0.3) is 27.8 Å². The molecule has 0 aliphatic carbocycles. The highest BCUT2D eigenvalue weighted by Gasteiger charge is 2.21. The number of hydrogen-bond acceptors (Lipinski definition) is 6. The monoisotopic (exact) mass is 477 g/mol. The summed E-state index contributed by atoms with van der Waals surface area (Å²) in [6, 6.07) is 15.4. The molecule has 1 aliphatic heterocycles. The van der Waals surface area contributed by atoms with Crippen LogP contribution in [-0.4, -0.2) is 49.3 Å². The topological polar surface area (TPSA) is 98.1 Å². The zero-order valence-electron chi connectivity index (χ0n) is 19.2. The Bertz CT molecular complexity index is 1420. The Morgan fingerprint density at radius 2 is 1.82 bits per heavy atom. The first kappa shape index (κ1) is 22.5. The van der Waals surface area contributed by atoms with Gasteiger partial charge >= 0.3 is 0 Å². The van der Waals surface area contributed by atoms with Crippen molar-refractivity contribution >= 4 is 26.9 Å². The van der Waals surface area contributed by atoms with Gasteiger partial charge in [-0.15, -0.1) is 0 Å². The molecule has 4 aromatic rings. The van der Waals surface area contributed by atoms with E-state index in [2.05, 4.69) is 43.6 Å². The molecule has 0 unspecified atom stereocenters. The van der Waals surface area contributed by atoms with Crippen molar-refractivity contribution in [1.29, 1.82) is 0 Å². The van der Waals surface area contributed by atoms with Gasteiger partial charge < -0.3 is 14.6 Å². The normalized spacial score (nSPS) is 15.0. The van der Waals surface area contributed by atoms with Gasteiger partial charge in [0.25, 0.3) is 0 Å². The van der Waals surface area contributed by atoms with Crippen molar-refractivity contribution in [3.05, 3.63) is 66.6 Å². The zero-order chi connectivity index (χ0) is 23.7. The second-order valence-corrected chi connectivity index (χ2v) is 10.3. The predicted octanol–water partition coefficient (Wildman–Crippen LogP) is 3.89. The molecule has 2 aromatic carbocycles. The quantitative estimate of drug-likeness (QED) is 0.437. The molecular weight excluding hydrogens is 450 g/mol. The van der Waals surface area contributed by atoms with Crippen molar-refractivity contribution in [2.75, 3.05) is 25.6 Å². The second kappa shape index (κ2) is 9.17. The molecule has 0 amide bonds. The standard InChI is InChI=1S/C25H27N5O3S/c1-17-4-3-5-20(14-17)30-15-22(18-6-8-21(9-7-18)34(31,32)26-2)23-24(27-16-28-25(23)30)29-19-10-12-33-13-11-19/h3-9,14-16,19,26H,10-13H2,1-2H3,(H,27,28,29). The first-order valence-corrected chi connectivity index (χ1v) is 12.8. The van der Waals surface area contributed by atoms with Gasteiger partial charge in [-0.3, -0.25) is 0 Å². The third-order valence-corrected chi connectivity index (χ3v) is 7.60. The number of ether oxygens (including phenoxy) is 1. The van der Waals surface area contributed by atoms with Crippen molar-refractivity contribution in [1.82, 2.24) is 19.3 Å². The Morgan fingerprint density at radius 3 is 2.53 bits per heavy atom. The van der Waals surface area contributed by atoms with E-state index in [9.17, 15) is 8.42 Å². The Morgan fingerprint density at radius 1 is 1.06 bits per heavy atom. The minimum absolute atomic E-state index is 0.220. The number of hydrogen-bond donors (Lipinski definition) is 2.